The molecule has 1 aliphatic heterocycles. The van der Waals surface area contributed by atoms with Crippen molar-refractivity contribution in [2.45, 2.75) is 12.5 Å². The van der Waals surface area contributed by atoms with Gasteiger partial charge in [0.15, 0.2) is 11.5 Å². The van der Waals surface area contributed by atoms with Gasteiger partial charge in [-0.25, -0.2) is 0 Å². The van der Waals surface area contributed by atoms with Crippen LogP contribution in [0.5, 0.6) is 17.2 Å². The van der Waals surface area contributed by atoms with Crippen molar-refractivity contribution in [1.29, 1.82) is 0 Å². The maximum Gasteiger partial charge on any atom is 0.253 e. The van der Waals surface area contributed by atoms with Crippen molar-refractivity contribution in [2.75, 3.05) is 26.1 Å². The van der Waals surface area contributed by atoms with Gasteiger partial charge in [0.25, 0.3) is 5.91 Å². The van der Waals surface area contributed by atoms with Crippen LogP contribution in [0.4, 0.5) is 5.69 Å². The molecule has 6 nitrogen and oxygen atoms in total. The van der Waals surface area contributed by atoms with Crippen LogP contribution in [0.1, 0.15) is 22.3 Å². The highest BCUT2D eigenvalue weighted by Gasteiger charge is 2.24. The highest BCUT2D eigenvalue weighted by Crippen LogP contribution is 2.33. The van der Waals surface area contributed by atoms with Crippen molar-refractivity contribution >= 4 is 17.2 Å². The molecule has 2 aromatic carbocycles. The van der Waals surface area contributed by atoms with Crippen molar-refractivity contribution in [1.82, 2.24) is 5.32 Å². The van der Waals surface area contributed by atoms with Crippen LogP contribution in [0.3, 0.4) is 0 Å². The first-order chi connectivity index (χ1) is 12.5. The van der Waals surface area contributed by atoms with Crippen molar-refractivity contribution < 1.29 is 19.4 Å². The Hall–Kier alpha value is -3.15. The second-order valence-corrected chi connectivity index (χ2v) is 6.16. The molecule has 0 saturated heterocycles. The van der Waals surface area contributed by atoms with Crippen LogP contribution >= 0.6 is 0 Å². The van der Waals surface area contributed by atoms with Crippen molar-refractivity contribution in [3.8, 4) is 17.2 Å². The number of aromatic hydroxyl groups is 1. The number of phenols is 1. The molecule has 1 heterocycles. The standard InChI is InChI=1S/C20H22N2O4/c1-12(13-4-6-15(25-2)7-5-13)8-14-11-21-17-10-18(23)19(26-3)9-16(17)20(24)22-14/h4-7,9-10,14,21,23H,1,8,11H2,2-3H3,(H,22,24). The number of carbonyl (C=O) groups excluding carboxylic acids is 1. The summed E-state index contributed by atoms with van der Waals surface area (Å²) >= 11 is 0. The van der Waals surface area contributed by atoms with E-state index in [1.807, 2.05) is 24.3 Å². The van der Waals surface area contributed by atoms with E-state index in [0.717, 1.165) is 16.9 Å². The minimum atomic E-state index is -0.212. The van der Waals surface area contributed by atoms with Gasteiger partial charge in [-0.2, -0.15) is 0 Å². The van der Waals surface area contributed by atoms with Gasteiger partial charge in [-0.15, -0.1) is 0 Å². The SMILES string of the molecule is C=C(CC1CNc2cc(O)c(OC)cc2C(=O)N1)c1ccc(OC)cc1. The van der Waals surface area contributed by atoms with E-state index in [9.17, 15) is 9.90 Å². The summed E-state index contributed by atoms with van der Waals surface area (Å²) in [5, 5.41) is 16.1. The summed E-state index contributed by atoms with van der Waals surface area (Å²) in [4.78, 5) is 12.6. The lowest BCUT2D eigenvalue weighted by Gasteiger charge is -2.17. The Bertz CT molecular complexity index is 830. The fourth-order valence-corrected chi connectivity index (χ4v) is 2.98. The number of benzene rings is 2. The van der Waals surface area contributed by atoms with Gasteiger partial charge in [0.2, 0.25) is 0 Å². The summed E-state index contributed by atoms with van der Waals surface area (Å²) in [6, 6.07) is 10.6. The predicted octanol–water partition coefficient (Wildman–Crippen LogP) is 3.04. The fraction of sp³-hybridized carbons (Fsp3) is 0.250. The molecule has 6 heteroatoms. The average Bonchev–Trinajstić information content (AvgIpc) is 2.79. The molecule has 0 saturated carbocycles. The molecular formula is C20H22N2O4. The molecule has 136 valence electrons. The van der Waals surface area contributed by atoms with Gasteiger partial charge >= 0.3 is 0 Å². The van der Waals surface area contributed by atoms with E-state index < -0.39 is 0 Å². The van der Waals surface area contributed by atoms with Crippen LogP contribution < -0.4 is 20.1 Å². The summed E-state index contributed by atoms with van der Waals surface area (Å²) < 4.78 is 10.3. The third-order valence-corrected chi connectivity index (χ3v) is 4.43. The van der Waals surface area contributed by atoms with Crippen molar-refractivity contribution in [3.05, 3.63) is 54.1 Å². The summed E-state index contributed by atoms with van der Waals surface area (Å²) in [7, 11) is 3.08. The van der Waals surface area contributed by atoms with Gasteiger partial charge in [0.1, 0.15) is 5.75 Å². The van der Waals surface area contributed by atoms with Crippen LogP contribution in [-0.4, -0.2) is 37.8 Å². The molecule has 1 amide bonds. The number of rotatable bonds is 5. The van der Waals surface area contributed by atoms with Crippen LogP contribution in [0.25, 0.3) is 5.57 Å². The molecule has 0 aromatic heterocycles. The number of fused-ring (bicyclic) bond motifs is 1. The zero-order chi connectivity index (χ0) is 18.7. The monoisotopic (exact) mass is 354 g/mol. The highest BCUT2D eigenvalue weighted by atomic mass is 16.5. The second-order valence-electron chi connectivity index (χ2n) is 6.16. The van der Waals surface area contributed by atoms with E-state index in [2.05, 4.69) is 17.2 Å². The first kappa shape index (κ1) is 17.7. The molecule has 0 radical (unpaired) electrons. The quantitative estimate of drug-likeness (QED) is 0.769. The van der Waals surface area contributed by atoms with Gasteiger partial charge in [-0.05, 0) is 35.8 Å². The maximum atomic E-state index is 12.6. The largest absolute Gasteiger partial charge is 0.504 e. The zero-order valence-corrected chi connectivity index (χ0v) is 14.8. The lowest BCUT2D eigenvalue weighted by Crippen LogP contribution is -2.37. The molecule has 3 rings (SSSR count). The molecule has 0 spiro atoms. The molecule has 2 aromatic rings. The smallest absolute Gasteiger partial charge is 0.253 e. The van der Waals surface area contributed by atoms with E-state index in [1.165, 1.54) is 19.2 Å². The van der Waals surface area contributed by atoms with Gasteiger partial charge in [-0.3, -0.25) is 4.79 Å². The normalized spacial score (nSPS) is 15.9. The number of ether oxygens (including phenoxy) is 2. The zero-order valence-electron chi connectivity index (χ0n) is 14.8. The molecule has 1 unspecified atom stereocenters. The highest BCUT2D eigenvalue weighted by molar-refractivity contribution is 6.01. The second kappa shape index (κ2) is 7.39. The number of hydrogen-bond donors (Lipinski definition) is 3. The molecule has 0 aliphatic carbocycles. The van der Waals surface area contributed by atoms with Crippen molar-refractivity contribution in [3.63, 3.8) is 0 Å². The maximum absolute atomic E-state index is 12.6. The minimum absolute atomic E-state index is 0.00681. The van der Waals surface area contributed by atoms with E-state index in [-0.39, 0.29) is 23.4 Å². The number of methoxy groups -OCH3 is 2. The van der Waals surface area contributed by atoms with Gasteiger partial charge in [0.05, 0.1) is 31.5 Å². The summed E-state index contributed by atoms with van der Waals surface area (Å²) in [6.45, 7) is 4.67. The number of phenolic OH excluding ortho intramolecular Hbond substituents is 1. The first-order valence-corrected chi connectivity index (χ1v) is 8.29. The summed E-state index contributed by atoms with van der Waals surface area (Å²) in [6.07, 6.45) is 0.599. The Morgan fingerprint density at radius 3 is 2.62 bits per heavy atom. The summed E-state index contributed by atoms with van der Waals surface area (Å²) in [5.74, 6) is 0.834. The number of hydrogen-bond acceptors (Lipinski definition) is 5. The predicted molar refractivity (Wildman–Crippen MR) is 101 cm³/mol. The Morgan fingerprint density at radius 1 is 1.23 bits per heavy atom. The van der Waals surface area contributed by atoms with E-state index in [1.54, 1.807) is 7.11 Å². The average molecular weight is 354 g/mol. The number of anilines is 1. The van der Waals surface area contributed by atoms with Crippen LogP contribution in [0.15, 0.2) is 43.0 Å². The molecule has 26 heavy (non-hydrogen) atoms. The molecule has 0 bridgehead atoms. The molecule has 0 fully saturated rings. The Kier molecular flexibility index (Phi) is 5.02. The minimum Gasteiger partial charge on any atom is -0.504 e. The third-order valence-electron chi connectivity index (χ3n) is 4.43. The van der Waals surface area contributed by atoms with E-state index in [0.29, 0.717) is 24.2 Å². The number of carbonyl (C=O) groups is 1. The van der Waals surface area contributed by atoms with Gasteiger partial charge in [0, 0.05) is 12.6 Å². The Morgan fingerprint density at radius 2 is 1.96 bits per heavy atom. The Labute approximate surface area is 152 Å². The van der Waals surface area contributed by atoms with E-state index in [4.69, 9.17) is 9.47 Å². The molecule has 1 atom stereocenters. The van der Waals surface area contributed by atoms with Gasteiger partial charge in [-0.1, -0.05) is 18.7 Å². The topological polar surface area (TPSA) is 79.8 Å². The number of amides is 1. The number of nitrogens with one attached hydrogen (secondary N) is 2. The lowest BCUT2D eigenvalue weighted by molar-refractivity contribution is 0.0943. The van der Waals surface area contributed by atoms with E-state index >= 15 is 0 Å². The third kappa shape index (κ3) is 3.59. The molecule has 3 N–H and O–H groups in total. The summed E-state index contributed by atoms with van der Waals surface area (Å²) in [5.41, 5.74) is 2.95. The Balaban J connectivity index is 1.73. The lowest BCUT2D eigenvalue weighted by atomic mass is 10.00. The van der Waals surface area contributed by atoms with Crippen LogP contribution in [0.2, 0.25) is 0 Å². The van der Waals surface area contributed by atoms with Gasteiger partial charge < -0.3 is 25.2 Å². The molecule has 1 aliphatic rings. The first-order valence-electron chi connectivity index (χ1n) is 8.29. The molecular weight excluding hydrogens is 332 g/mol. The van der Waals surface area contributed by atoms with Crippen LogP contribution in [0, 0.1) is 0 Å². The van der Waals surface area contributed by atoms with Crippen LogP contribution in [-0.2, 0) is 0 Å². The fourth-order valence-electron chi connectivity index (χ4n) is 2.98. The van der Waals surface area contributed by atoms with Crippen molar-refractivity contribution in [2.24, 2.45) is 0 Å².